The quantitative estimate of drug-likeness (QED) is 0.645. The van der Waals surface area contributed by atoms with Crippen molar-refractivity contribution in [2.45, 2.75) is 25.8 Å². The van der Waals surface area contributed by atoms with Gasteiger partial charge in [-0.25, -0.2) is 4.98 Å². The van der Waals surface area contributed by atoms with Crippen LogP contribution in [0.25, 0.3) is 0 Å². The lowest BCUT2D eigenvalue weighted by molar-refractivity contribution is -0.385. The number of nitrogens with zero attached hydrogens (tertiary/aromatic N) is 4. The summed E-state index contributed by atoms with van der Waals surface area (Å²) in [6.45, 7) is 4.64. The third-order valence-electron chi connectivity index (χ3n) is 3.40. The molecule has 2 heterocycles. The van der Waals surface area contributed by atoms with Gasteiger partial charge in [0.05, 0.1) is 4.92 Å². The van der Waals surface area contributed by atoms with E-state index in [9.17, 15) is 15.4 Å². The first kappa shape index (κ1) is 14.2. The lowest BCUT2D eigenvalue weighted by Gasteiger charge is -2.29. The van der Waals surface area contributed by atoms with Crippen LogP contribution in [0.15, 0.2) is 12.3 Å². The Labute approximate surface area is 117 Å². The van der Waals surface area contributed by atoms with Crippen molar-refractivity contribution in [3.63, 3.8) is 0 Å². The summed E-state index contributed by atoms with van der Waals surface area (Å²) < 4.78 is 0. The predicted octanol–water partition coefficient (Wildman–Crippen LogP) is 1.44. The number of rotatable bonds is 5. The molecule has 0 radical (unpaired) electrons. The van der Waals surface area contributed by atoms with E-state index in [1.54, 1.807) is 0 Å². The molecule has 1 unspecified atom stereocenters. The summed E-state index contributed by atoms with van der Waals surface area (Å²) in [6.07, 6.45) is 3.14. The van der Waals surface area contributed by atoms with E-state index >= 15 is 0 Å². The topological polar surface area (TPSA) is 95.1 Å². The highest BCUT2D eigenvalue weighted by Gasteiger charge is 2.26. The van der Waals surface area contributed by atoms with Gasteiger partial charge in [0.25, 0.3) is 5.69 Å². The third-order valence-corrected chi connectivity index (χ3v) is 3.40. The Morgan fingerprint density at radius 2 is 2.50 bits per heavy atom. The second-order valence-electron chi connectivity index (χ2n) is 4.77. The Morgan fingerprint density at radius 3 is 3.05 bits per heavy atom. The van der Waals surface area contributed by atoms with Gasteiger partial charge >= 0.3 is 0 Å². The third kappa shape index (κ3) is 2.86. The average Bonchev–Trinajstić information content (AvgIpc) is 2.98. The largest absolute Gasteiger partial charge is 0.351 e. The normalized spacial score (nSPS) is 17.7. The first-order chi connectivity index (χ1) is 9.67. The molecule has 2 rings (SSSR count). The Hall–Kier alpha value is -2.20. The van der Waals surface area contributed by atoms with E-state index < -0.39 is 4.92 Å². The molecule has 7 nitrogen and oxygen atoms in total. The second kappa shape index (κ2) is 6.30. The highest BCUT2D eigenvalue weighted by atomic mass is 16.6. The van der Waals surface area contributed by atoms with Gasteiger partial charge in [-0.3, -0.25) is 10.1 Å². The first-order valence-corrected chi connectivity index (χ1v) is 6.69. The standard InChI is InChI=1S/C13H17N5O2/c1-2-5-17(11-3-4-15-8-11)13-10(7-14)6-12(9-16-13)18(19)20/h6,9,11,15H,2-5,8H2,1H3. The average molecular weight is 275 g/mol. The van der Waals surface area contributed by atoms with E-state index in [2.05, 4.69) is 22.1 Å². The molecule has 0 aliphatic carbocycles. The molecule has 1 aliphatic rings. The molecular weight excluding hydrogens is 258 g/mol. The number of aromatic nitrogens is 1. The predicted molar refractivity (Wildman–Crippen MR) is 74.5 cm³/mol. The van der Waals surface area contributed by atoms with E-state index in [0.717, 1.165) is 32.5 Å². The van der Waals surface area contributed by atoms with Crippen LogP contribution in [0.5, 0.6) is 0 Å². The van der Waals surface area contributed by atoms with Crippen LogP contribution in [0.2, 0.25) is 0 Å². The van der Waals surface area contributed by atoms with E-state index in [0.29, 0.717) is 5.82 Å². The van der Waals surface area contributed by atoms with Gasteiger partial charge in [0.15, 0.2) is 0 Å². The SMILES string of the molecule is CCCN(c1ncc([N+](=O)[O-])cc1C#N)C1CCNC1. The summed E-state index contributed by atoms with van der Waals surface area (Å²) >= 11 is 0. The number of nitriles is 1. The molecule has 1 N–H and O–H groups in total. The van der Waals surface area contributed by atoms with Crippen LogP contribution < -0.4 is 10.2 Å². The van der Waals surface area contributed by atoms with Crippen LogP contribution in [0.4, 0.5) is 11.5 Å². The molecule has 1 aromatic rings. The molecule has 1 saturated heterocycles. The number of pyridine rings is 1. The van der Waals surface area contributed by atoms with Gasteiger partial charge in [-0.15, -0.1) is 0 Å². The fourth-order valence-corrected chi connectivity index (χ4v) is 2.47. The van der Waals surface area contributed by atoms with Crippen molar-refractivity contribution in [1.82, 2.24) is 10.3 Å². The zero-order valence-corrected chi connectivity index (χ0v) is 11.4. The first-order valence-electron chi connectivity index (χ1n) is 6.69. The van der Waals surface area contributed by atoms with Gasteiger partial charge in [-0.2, -0.15) is 5.26 Å². The summed E-state index contributed by atoms with van der Waals surface area (Å²) in [4.78, 5) is 16.5. The van der Waals surface area contributed by atoms with Crippen LogP contribution in [0.3, 0.4) is 0 Å². The number of anilines is 1. The summed E-state index contributed by atoms with van der Waals surface area (Å²) in [5.74, 6) is 0.550. The maximum atomic E-state index is 10.8. The molecule has 1 atom stereocenters. The molecule has 0 amide bonds. The van der Waals surface area contributed by atoms with Crippen molar-refractivity contribution in [1.29, 1.82) is 5.26 Å². The van der Waals surface area contributed by atoms with Crippen molar-refractivity contribution in [2.24, 2.45) is 0 Å². The number of nitrogens with one attached hydrogen (secondary N) is 1. The molecule has 1 fully saturated rings. The van der Waals surface area contributed by atoms with Crippen molar-refractivity contribution >= 4 is 11.5 Å². The van der Waals surface area contributed by atoms with Gasteiger partial charge in [0.2, 0.25) is 0 Å². The van der Waals surface area contributed by atoms with E-state index in [4.69, 9.17) is 0 Å². The van der Waals surface area contributed by atoms with Gasteiger partial charge in [-0.1, -0.05) is 6.92 Å². The fraction of sp³-hybridized carbons (Fsp3) is 0.538. The van der Waals surface area contributed by atoms with Gasteiger partial charge in [0, 0.05) is 25.2 Å². The maximum absolute atomic E-state index is 10.8. The van der Waals surface area contributed by atoms with Crippen molar-refractivity contribution in [3.8, 4) is 6.07 Å². The van der Waals surface area contributed by atoms with Gasteiger partial charge < -0.3 is 10.2 Å². The molecule has 1 aliphatic heterocycles. The van der Waals surface area contributed by atoms with Gasteiger partial charge in [0.1, 0.15) is 23.6 Å². The number of hydrogen-bond donors (Lipinski definition) is 1. The Kier molecular flexibility index (Phi) is 4.48. The Morgan fingerprint density at radius 1 is 1.70 bits per heavy atom. The lowest BCUT2D eigenvalue weighted by Crippen LogP contribution is -2.38. The number of nitro groups is 1. The van der Waals surface area contributed by atoms with Crippen LogP contribution in [-0.2, 0) is 0 Å². The summed E-state index contributed by atoms with van der Waals surface area (Å²) in [7, 11) is 0. The minimum Gasteiger partial charge on any atom is -0.351 e. The number of hydrogen-bond acceptors (Lipinski definition) is 6. The zero-order chi connectivity index (χ0) is 14.5. The van der Waals surface area contributed by atoms with Crippen LogP contribution in [0.1, 0.15) is 25.3 Å². The van der Waals surface area contributed by atoms with Crippen molar-refractivity contribution in [3.05, 3.63) is 27.9 Å². The minimum atomic E-state index is -0.529. The zero-order valence-electron chi connectivity index (χ0n) is 11.4. The van der Waals surface area contributed by atoms with Gasteiger partial charge in [-0.05, 0) is 19.4 Å². The van der Waals surface area contributed by atoms with Crippen LogP contribution in [0, 0.1) is 21.4 Å². The summed E-state index contributed by atoms with van der Waals surface area (Å²) in [5.41, 5.74) is 0.117. The van der Waals surface area contributed by atoms with E-state index in [1.807, 2.05) is 6.07 Å². The molecular formula is C13H17N5O2. The molecule has 20 heavy (non-hydrogen) atoms. The van der Waals surface area contributed by atoms with Crippen LogP contribution >= 0.6 is 0 Å². The van der Waals surface area contributed by atoms with Crippen molar-refractivity contribution < 1.29 is 4.92 Å². The van der Waals surface area contributed by atoms with Crippen molar-refractivity contribution in [2.75, 3.05) is 24.5 Å². The molecule has 7 heteroatoms. The smallest absolute Gasteiger partial charge is 0.289 e. The van der Waals surface area contributed by atoms with E-state index in [-0.39, 0.29) is 17.3 Å². The maximum Gasteiger partial charge on any atom is 0.289 e. The summed E-state index contributed by atoms with van der Waals surface area (Å²) in [5, 5.41) is 23.3. The second-order valence-corrected chi connectivity index (χ2v) is 4.77. The molecule has 0 bridgehead atoms. The minimum absolute atomic E-state index is 0.147. The molecule has 1 aromatic heterocycles. The fourth-order valence-electron chi connectivity index (χ4n) is 2.47. The van der Waals surface area contributed by atoms with E-state index in [1.165, 1.54) is 12.3 Å². The monoisotopic (exact) mass is 275 g/mol. The molecule has 0 saturated carbocycles. The molecule has 0 spiro atoms. The highest BCUT2D eigenvalue weighted by Crippen LogP contribution is 2.25. The molecule has 106 valence electrons. The lowest BCUT2D eigenvalue weighted by atomic mass is 10.1. The van der Waals surface area contributed by atoms with Crippen LogP contribution in [-0.4, -0.2) is 35.6 Å². The summed E-state index contributed by atoms with van der Waals surface area (Å²) in [6, 6.07) is 3.61. The molecule has 0 aromatic carbocycles. The Bertz CT molecular complexity index is 534. The highest BCUT2D eigenvalue weighted by molar-refractivity contribution is 5.58. The Balaban J connectivity index is 2.37.